The molecule has 0 saturated heterocycles. The van der Waals surface area contributed by atoms with Crippen LogP contribution in [0.1, 0.15) is 57.4 Å². The molecule has 1 N–H and O–H groups in total. The Morgan fingerprint density at radius 2 is 1.94 bits per heavy atom. The van der Waals surface area contributed by atoms with Crippen LogP contribution in [0.5, 0.6) is 0 Å². The summed E-state index contributed by atoms with van der Waals surface area (Å²) in [6.45, 7) is 8.29. The molecule has 3 rings (SSSR count). The van der Waals surface area contributed by atoms with E-state index in [0.717, 1.165) is 29.7 Å². The molecule has 2 aromatic rings. The third kappa shape index (κ3) is 6.97. The maximum absolute atomic E-state index is 12.6. The van der Waals surface area contributed by atoms with Gasteiger partial charge in [0.15, 0.2) is 0 Å². The van der Waals surface area contributed by atoms with Gasteiger partial charge < -0.3 is 14.8 Å². The molecule has 2 heterocycles. The molecule has 0 bridgehead atoms. The quantitative estimate of drug-likeness (QED) is 0.684. The zero-order valence-electron chi connectivity index (χ0n) is 19.3. The van der Waals surface area contributed by atoms with Crippen LogP contribution in [0, 0.1) is 6.42 Å². The number of aryl methyl sites for hydroxylation is 1. The Hall–Kier alpha value is -3.09. The minimum Gasteiger partial charge on any atom is -0.445 e. The largest absolute Gasteiger partial charge is 0.445 e. The molecule has 2 amide bonds. The van der Waals surface area contributed by atoms with E-state index in [0.29, 0.717) is 18.8 Å². The number of benzene rings is 1. The standard InChI is InChI=1S/C25H32N3O4/c1-18(26-23(29)31-17-19-9-6-5-7-10-19)12-14-21-15-13-20-11-8-16-28(22(20)27-21)24(30)32-25(2,3)4/h5-7,9-10,13-15,18H,8,11-12,16-17H2,1-4H3,(H,26,29)/t18-/m0/s1. The van der Waals surface area contributed by atoms with Crippen LogP contribution in [0.4, 0.5) is 15.4 Å². The average Bonchev–Trinajstić information content (AvgIpc) is 2.75. The van der Waals surface area contributed by atoms with Crippen molar-refractivity contribution >= 4 is 18.0 Å². The second kappa shape index (κ2) is 10.5. The normalized spacial score (nSPS) is 14.3. The number of carbonyl (C=O) groups excluding carboxylic acids is 2. The molecule has 1 aliphatic rings. The van der Waals surface area contributed by atoms with Gasteiger partial charge in [-0.25, -0.2) is 14.6 Å². The summed E-state index contributed by atoms with van der Waals surface area (Å²) in [4.78, 5) is 31.0. The first kappa shape index (κ1) is 23.6. The molecule has 1 aromatic carbocycles. The molecule has 1 aromatic heterocycles. The van der Waals surface area contributed by atoms with Crippen LogP contribution in [0.3, 0.4) is 0 Å². The second-order valence-electron chi connectivity index (χ2n) is 9.00. The van der Waals surface area contributed by atoms with E-state index >= 15 is 0 Å². The van der Waals surface area contributed by atoms with Crippen molar-refractivity contribution in [1.29, 1.82) is 0 Å². The van der Waals surface area contributed by atoms with Crippen molar-refractivity contribution in [1.82, 2.24) is 10.3 Å². The van der Waals surface area contributed by atoms with E-state index in [1.165, 1.54) is 0 Å². The first-order valence-electron chi connectivity index (χ1n) is 11.0. The zero-order chi connectivity index (χ0) is 23.1. The van der Waals surface area contributed by atoms with E-state index in [2.05, 4.69) is 5.32 Å². The Morgan fingerprint density at radius 1 is 1.19 bits per heavy atom. The van der Waals surface area contributed by atoms with E-state index in [1.807, 2.05) is 76.6 Å². The summed E-state index contributed by atoms with van der Waals surface area (Å²) in [7, 11) is 0. The predicted octanol–water partition coefficient (Wildman–Crippen LogP) is 5.03. The molecular formula is C25H32N3O4. The molecule has 0 unspecified atom stereocenters. The lowest BCUT2D eigenvalue weighted by atomic mass is 10.0. The van der Waals surface area contributed by atoms with Gasteiger partial charge in [-0.05, 0) is 64.2 Å². The Labute approximate surface area is 190 Å². The molecule has 7 heteroatoms. The third-order valence-corrected chi connectivity index (χ3v) is 4.93. The second-order valence-corrected chi connectivity index (χ2v) is 9.00. The Kier molecular flexibility index (Phi) is 7.72. The summed E-state index contributed by atoms with van der Waals surface area (Å²) in [6.07, 6.45) is 3.46. The topological polar surface area (TPSA) is 80.8 Å². The zero-order valence-corrected chi connectivity index (χ0v) is 19.3. The van der Waals surface area contributed by atoms with Gasteiger partial charge in [0.1, 0.15) is 18.0 Å². The van der Waals surface area contributed by atoms with Gasteiger partial charge in [0.05, 0.1) is 0 Å². The molecule has 1 aliphatic heterocycles. The van der Waals surface area contributed by atoms with E-state index in [4.69, 9.17) is 14.5 Å². The molecule has 0 fully saturated rings. The fraction of sp³-hybridized carbons (Fsp3) is 0.440. The summed E-state index contributed by atoms with van der Waals surface area (Å²) in [5.41, 5.74) is 2.17. The predicted molar refractivity (Wildman–Crippen MR) is 123 cm³/mol. The summed E-state index contributed by atoms with van der Waals surface area (Å²) in [5, 5.41) is 2.83. The van der Waals surface area contributed by atoms with Crippen molar-refractivity contribution < 1.29 is 19.1 Å². The number of hydrogen-bond acceptors (Lipinski definition) is 5. The maximum atomic E-state index is 12.6. The number of rotatable bonds is 6. The molecule has 7 nitrogen and oxygen atoms in total. The Bertz CT molecular complexity index is 925. The van der Waals surface area contributed by atoms with Gasteiger partial charge in [-0.1, -0.05) is 36.4 Å². The Morgan fingerprint density at radius 3 is 2.66 bits per heavy atom. The maximum Gasteiger partial charge on any atom is 0.416 e. The van der Waals surface area contributed by atoms with Gasteiger partial charge in [0.25, 0.3) is 0 Å². The van der Waals surface area contributed by atoms with Gasteiger partial charge in [0, 0.05) is 24.7 Å². The van der Waals surface area contributed by atoms with Crippen molar-refractivity contribution in [3.05, 3.63) is 65.7 Å². The molecule has 0 spiro atoms. The first-order chi connectivity index (χ1) is 15.2. The summed E-state index contributed by atoms with van der Waals surface area (Å²) in [6, 6.07) is 13.4. The highest BCUT2D eigenvalue weighted by molar-refractivity contribution is 5.88. The SMILES string of the molecule is C[C@@H](C[CH]c1ccc2c(n1)N(C(=O)OC(C)(C)C)CCC2)NC(=O)OCc1ccccc1. The summed E-state index contributed by atoms with van der Waals surface area (Å²) < 4.78 is 10.8. The highest BCUT2D eigenvalue weighted by atomic mass is 16.6. The van der Waals surface area contributed by atoms with Gasteiger partial charge >= 0.3 is 12.2 Å². The van der Waals surface area contributed by atoms with Gasteiger partial charge in [-0.3, -0.25) is 4.90 Å². The number of anilines is 1. The lowest BCUT2D eigenvalue weighted by Crippen LogP contribution is -2.40. The number of alkyl carbamates (subject to hydrolysis) is 1. The highest BCUT2D eigenvalue weighted by Gasteiger charge is 2.28. The smallest absolute Gasteiger partial charge is 0.416 e. The fourth-order valence-corrected chi connectivity index (χ4v) is 3.39. The Balaban J connectivity index is 1.53. The summed E-state index contributed by atoms with van der Waals surface area (Å²) >= 11 is 0. The molecule has 32 heavy (non-hydrogen) atoms. The van der Waals surface area contributed by atoms with Crippen LogP contribution in [0.2, 0.25) is 0 Å². The van der Waals surface area contributed by atoms with Crippen LogP contribution in [-0.4, -0.2) is 35.4 Å². The van der Waals surface area contributed by atoms with Crippen LogP contribution >= 0.6 is 0 Å². The van der Waals surface area contributed by atoms with Crippen LogP contribution in [-0.2, 0) is 22.5 Å². The fourth-order valence-electron chi connectivity index (χ4n) is 3.39. The average molecular weight is 439 g/mol. The van der Waals surface area contributed by atoms with E-state index in [9.17, 15) is 9.59 Å². The van der Waals surface area contributed by atoms with Crippen molar-refractivity contribution in [3.8, 4) is 0 Å². The van der Waals surface area contributed by atoms with Crippen molar-refractivity contribution in [2.45, 2.75) is 65.2 Å². The number of hydrogen-bond donors (Lipinski definition) is 1. The lowest BCUT2D eigenvalue weighted by Gasteiger charge is -2.31. The minimum atomic E-state index is -0.561. The number of ether oxygens (including phenoxy) is 2. The first-order valence-corrected chi connectivity index (χ1v) is 11.0. The molecular weight excluding hydrogens is 406 g/mol. The molecule has 1 atom stereocenters. The molecule has 1 radical (unpaired) electrons. The number of nitrogens with zero attached hydrogens (tertiary/aromatic N) is 2. The van der Waals surface area contributed by atoms with Crippen molar-refractivity contribution in [3.63, 3.8) is 0 Å². The third-order valence-electron chi connectivity index (χ3n) is 4.93. The van der Waals surface area contributed by atoms with Crippen LogP contribution in [0.25, 0.3) is 0 Å². The van der Waals surface area contributed by atoms with Crippen LogP contribution in [0.15, 0.2) is 42.5 Å². The highest BCUT2D eigenvalue weighted by Crippen LogP contribution is 2.27. The van der Waals surface area contributed by atoms with Crippen molar-refractivity contribution in [2.75, 3.05) is 11.4 Å². The molecule has 0 saturated carbocycles. The molecule has 171 valence electrons. The van der Waals surface area contributed by atoms with Gasteiger partial charge in [-0.15, -0.1) is 0 Å². The van der Waals surface area contributed by atoms with Gasteiger partial charge in [0.2, 0.25) is 0 Å². The number of nitrogens with one attached hydrogen (secondary N) is 1. The van der Waals surface area contributed by atoms with Crippen LogP contribution < -0.4 is 10.2 Å². The van der Waals surface area contributed by atoms with Gasteiger partial charge in [-0.2, -0.15) is 0 Å². The number of fused-ring (bicyclic) bond motifs is 1. The lowest BCUT2D eigenvalue weighted by molar-refractivity contribution is 0.0576. The monoisotopic (exact) mass is 438 g/mol. The summed E-state index contributed by atoms with van der Waals surface area (Å²) in [5.74, 6) is 0.655. The van der Waals surface area contributed by atoms with E-state index in [1.54, 1.807) is 4.90 Å². The number of aromatic nitrogens is 1. The molecule has 0 aliphatic carbocycles. The number of carbonyl (C=O) groups is 2. The van der Waals surface area contributed by atoms with Crippen molar-refractivity contribution in [2.24, 2.45) is 0 Å². The van der Waals surface area contributed by atoms with E-state index < -0.39 is 11.7 Å². The van der Waals surface area contributed by atoms with E-state index in [-0.39, 0.29) is 18.7 Å². The number of pyridine rings is 1. The minimum absolute atomic E-state index is 0.127. The number of amides is 2.